The van der Waals surface area contributed by atoms with Crippen molar-refractivity contribution in [2.75, 3.05) is 13.7 Å². The van der Waals surface area contributed by atoms with Crippen LogP contribution in [0.2, 0.25) is 0 Å². The SMILES string of the molecule is COc1cc(C(=O)N2C[C@H](N)CC[C@@H]2C)cc2nc(-c3cc4cccnc4n3CC3CC3)n(C)c12.Cl. The lowest BCUT2D eigenvalue weighted by atomic mass is 9.99. The number of fused-ring (bicyclic) bond motifs is 2. The number of ether oxygens (including phenoxy) is 1. The van der Waals surface area contributed by atoms with Gasteiger partial charge >= 0.3 is 0 Å². The van der Waals surface area contributed by atoms with Gasteiger partial charge in [-0.25, -0.2) is 9.97 Å². The molecule has 4 heterocycles. The Morgan fingerprint density at radius 3 is 2.75 bits per heavy atom. The lowest BCUT2D eigenvalue weighted by Crippen LogP contribution is -2.50. The monoisotopic (exact) mass is 508 g/mol. The van der Waals surface area contributed by atoms with Crippen molar-refractivity contribution >= 4 is 40.4 Å². The van der Waals surface area contributed by atoms with Crippen LogP contribution in [0.4, 0.5) is 0 Å². The van der Waals surface area contributed by atoms with Gasteiger partial charge in [0.05, 0.1) is 18.3 Å². The Labute approximate surface area is 216 Å². The first-order valence-electron chi connectivity index (χ1n) is 12.5. The second-order valence-corrected chi connectivity index (χ2v) is 10.2. The summed E-state index contributed by atoms with van der Waals surface area (Å²) < 4.78 is 10.1. The molecule has 2 atom stereocenters. The summed E-state index contributed by atoms with van der Waals surface area (Å²) in [6, 6.07) is 10.1. The second-order valence-electron chi connectivity index (χ2n) is 10.2. The molecule has 1 saturated carbocycles. The summed E-state index contributed by atoms with van der Waals surface area (Å²) >= 11 is 0. The molecule has 8 nitrogen and oxygen atoms in total. The summed E-state index contributed by atoms with van der Waals surface area (Å²) in [5.74, 6) is 2.16. The molecule has 0 radical (unpaired) electrons. The van der Waals surface area contributed by atoms with Crippen LogP contribution in [0.15, 0.2) is 36.5 Å². The highest BCUT2D eigenvalue weighted by atomic mass is 35.5. The summed E-state index contributed by atoms with van der Waals surface area (Å²) in [7, 11) is 3.65. The van der Waals surface area contributed by atoms with Crippen molar-refractivity contribution in [1.29, 1.82) is 0 Å². The van der Waals surface area contributed by atoms with Crippen molar-refractivity contribution in [2.24, 2.45) is 18.7 Å². The number of carbonyl (C=O) groups is 1. The fourth-order valence-corrected chi connectivity index (χ4v) is 5.42. The van der Waals surface area contributed by atoms with Gasteiger partial charge in [-0.1, -0.05) is 0 Å². The van der Waals surface area contributed by atoms with E-state index >= 15 is 0 Å². The van der Waals surface area contributed by atoms with Gasteiger partial charge in [-0.3, -0.25) is 4.79 Å². The number of halogens is 1. The molecule has 1 amide bonds. The van der Waals surface area contributed by atoms with Crippen LogP contribution >= 0.6 is 12.4 Å². The lowest BCUT2D eigenvalue weighted by molar-refractivity contribution is 0.0612. The number of nitrogens with zero attached hydrogens (tertiary/aromatic N) is 5. The van der Waals surface area contributed by atoms with Gasteiger partial charge in [0.25, 0.3) is 5.91 Å². The van der Waals surface area contributed by atoms with Crippen LogP contribution < -0.4 is 10.5 Å². The number of hydrogen-bond donors (Lipinski definition) is 1. The van der Waals surface area contributed by atoms with Crippen LogP contribution in [0, 0.1) is 5.92 Å². The Hall–Kier alpha value is -3.10. The Kier molecular flexibility index (Phi) is 6.43. The number of amides is 1. The van der Waals surface area contributed by atoms with E-state index in [9.17, 15) is 4.79 Å². The van der Waals surface area contributed by atoms with E-state index in [1.165, 1.54) is 12.8 Å². The third kappa shape index (κ3) is 4.12. The van der Waals surface area contributed by atoms with Crippen LogP contribution in [-0.2, 0) is 13.6 Å². The predicted molar refractivity (Wildman–Crippen MR) is 144 cm³/mol. The minimum atomic E-state index is -0.0212. The van der Waals surface area contributed by atoms with Crippen LogP contribution in [0.1, 0.15) is 43.0 Å². The van der Waals surface area contributed by atoms with Crippen molar-refractivity contribution in [1.82, 2.24) is 24.0 Å². The van der Waals surface area contributed by atoms with E-state index in [1.54, 1.807) is 7.11 Å². The first kappa shape index (κ1) is 24.6. The topological polar surface area (TPSA) is 91.2 Å². The summed E-state index contributed by atoms with van der Waals surface area (Å²) in [5.41, 5.74) is 10.4. The Morgan fingerprint density at radius 2 is 2.00 bits per heavy atom. The molecular formula is C27H33ClN6O2. The zero-order valence-corrected chi connectivity index (χ0v) is 21.8. The van der Waals surface area contributed by atoms with E-state index in [-0.39, 0.29) is 30.4 Å². The average molecular weight is 509 g/mol. The fourth-order valence-electron chi connectivity index (χ4n) is 5.42. The van der Waals surface area contributed by atoms with Gasteiger partial charge in [0.2, 0.25) is 0 Å². The van der Waals surface area contributed by atoms with Crippen LogP contribution in [0.3, 0.4) is 0 Å². The highest BCUT2D eigenvalue weighted by molar-refractivity contribution is 6.00. The van der Waals surface area contributed by atoms with E-state index in [2.05, 4.69) is 33.2 Å². The number of likely N-dealkylation sites (tertiary alicyclic amines) is 1. The molecular weight excluding hydrogens is 476 g/mol. The number of carbonyl (C=O) groups excluding carboxylic acids is 1. The Bertz CT molecular complexity index is 1440. The number of benzene rings is 1. The highest BCUT2D eigenvalue weighted by Crippen LogP contribution is 2.37. The molecule has 1 aliphatic heterocycles. The number of piperidine rings is 1. The summed E-state index contributed by atoms with van der Waals surface area (Å²) in [5, 5.41) is 1.11. The van der Waals surface area contributed by atoms with Gasteiger partial charge in [0.1, 0.15) is 16.9 Å². The van der Waals surface area contributed by atoms with Crippen LogP contribution in [-0.4, -0.2) is 55.6 Å². The normalized spacial score (nSPS) is 20.1. The van der Waals surface area contributed by atoms with Gasteiger partial charge in [0.15, 0.2) is 5.82 Å². The van der Waals surface area contributed by atoms with Gasteiger partial charge in [-0.05, 0) is 68.9 Å². The van der Waals surface area contributed by atoms with E-state index in [4.69, 9.17) is 15.5 Å². The molecule has 0 bridgehead atoms. The molecule has 2 N–H and O–H groups in total. The van der Waals surface area contributed by atoms with Crippen molar-refractivity contribution in [3.63, 3.8) is 0 Å². The zero-order valence-electron chi connectivity index (χ0n) is 21.0. The smallest absolute Gasteiger partial charge is 0.254 e. The number of methoxy groups -OCH3 is 1. The van der Waals surface area contributed by atoms with Crippen molar-refractivity contribution < 1.29 is 9.53 Å². The second kappa shape index (κ2) is 9.41. The van der Waals surface area contributed by atoms with Crippen molar-refractivity contribution in [3.05, 3.63) is 42.1 Å². The summed E-state index contributed by atoms with van der Waals surface area (Å²) in [6.07, 6.45) is 6.22. The van der Waals surface area contributed by atoms with Crippen molar-refractivity contribution in [2.45, 2.75) is 51.2 Å². The molecule has 1 saturated heterocycles. The molecule has 4 aromatic rings. The third-order valence-corrected chi connectivity index (χ3v) is 7.60. The molecule has 2 aliphatic rings. The van der Waals surface area contributed by atoms with E-state index in [1.807, 2.05) is 36.3 Å². The van der Waals surface area contributed by atoms with Gasteiger partial charge in [-0.2, -0.15) is 0 Å². The number of hydrogen-bond acceptors (Lipinski definition) is 5. The zero-order chi connectivity index (χ0) is 24.3. The maximum absolute atomic E-state index is 13.5. The molecule has 6 rings (SSSR count). The number of pyridine rings is 1. The quantitative estimate of drug-likeness (QED) is 0.432. The lowest BCUT2D eigenvalue weighted by Gasteiger charge is -2.36. The fraction of sp³-hybridized carbons (Fsp3) is 0.444. The molecule has 190 valence electrons. The first-order valence-corrected chi connectivity index (χ1v) is 12.5. The minimum Gasteiger partial charge on any atom is -0.494 e. The molecule has 0 unspecified atom stereocenters. The average Bonchev–Trinajstić information content (AvgIpc) is 3.53. The van der Waals surface area contributed by atoms with E-state index in [0.717, 1.165) is 53.0 Å². The predicted octanol–water partition coefficient (Wildman–Crippen LogP) is 4.38. The van der Waals surface area contributed by atoms with E-state index < -0.39 is 0 Å². The van der Waals surface area contributed by atoms with E-state index in [0.29, 0.717) is 23.8 Å². The first-order chi connectivity index (χ1) is 16.9. The summed E-state index contributed by atoms with van der Waals surface area (Å²) in [6.45, 7) is 3.60. The maximum Gasteiger partial charge on any atom is 0.254 e. The third-order valence-electron chi connectivity index (χ3n) is 7.60. The molecule has 0 spiro atoms. The largest absolute Gasteiger partial charge is 0.494 e. The number of imidazole rings is 1. The molecule has 1 aromatic carbocycles. The molecule has 36 heavy (non-hydrogen) atoms. The molecule has 2 fully saturated rings. The molecule has 9 heteroatoms. The maximum atomic E-state index is 13.5. The number of rotatable bonds is 5. The summed E-state index contributed by atoms with van der Waals surface area (Å²) in [4.78, 5) is 25.1. The number of aromatic nitrogens is 4. The molecule has 3 aromatic heterocycles. The number of nitrogens with two attached hydrogens (primary N) is 1. The standard InChI is InChI=1S/C27H32N6O2.ClH/c1-16-6-9-20(28)15-32(16)27(34)19-11-21-24(23(13-19)35-3)31(2)26(30-21)22-12-18-5-4-10-29-25(18)33(22)14-17-7-8-17;/h4-5,10-13,16-17,20H,6-9,14-15,28H2,1-3H3;1H/t16-,20+;/m0./s1. The molecule has 1 aliphatic carbocycles. The Balaban J connectivity index is 0.00000267. The number of aryl methyl sites for hydroxylation is 1. The highest BCUT2D eigenvalue weighted by Gasteiger charge is 2.30. The van der Waals surface area contributed by atoms with Crippen molar-refractivity contribution in [3.8, 4) is 17.3 Å². The van der Waals surface area contributed by atoms with Gasteiger partial charge in [0, 0.05) is 49.4 Å². The van der Waals surface area contributed by atoms with Crippen LogP contribution in [0.5, 0.6) is 5.75 Å². The van der Waals surface area contributed by atoms with Crippen LogP contribution in [0.25, 0.3) is 33.6 Å². The van der Waals surface area contributed by atoms with Gasteiger partial charge in [-0.15, -0.1) is 12.4 Å². The minimum absolute atomic E-state index is 0. The Morgan fingerprint density at radius 1 is 1.19 bits per heavy atom. The van der Waals surface area contributed by atoms with Gasteiger partial charge < -0.3 is 24.5 Å².